The molecule has 0 heterocycles. The van der Waals surface area contributed by atoms with Crippen molar-refractivity contribution in [1.29, 1.82) is 0 Å². The van der Waals surface area contributed by atoms with E-state index in [4.69, 9.17) is 4.55 Å². The van der Waals surface area contributed by atoms with Crippen LogP contribution in [0.15, 0.2) is 12.1 Å². The number of halogens is 6. The second kappa shape index (κ2) is 4.37. The molecule has 0 aromatic carbocycles. The second-order valence-corrected chi connectivity index (χ2v) is 5.11. The molecule has 0 aromatic heterocycles. The van der Waals surface area contributed by atoms with Crippen molar-refractivity contribution in [2.45, 2.75) is 12.4 Å². The van der Waals surface area contributed by atoms with Gasteiger partial charge in [0.1, 0.15) is 0 Å². The maximum atomic E-state index is 12.1. The third kappa shape index (κ3) is 4.10. The lowest BCUT2D eigenvalue weighted by atomic mass is 10.2. The lowest BCUT2D eigenvalue weighted by Crippen LogP contribution is -2.04. The molecule has 1 N–H and O–H groups in total. The summed E-state index contributed by atoms with van der Waals surface area (Å²) in [5.74, 6) is 0. The van der Waals surface area contributed by atoms with Crippen LogP contribution in [-0.4, -0.2) is 19.2 Å². The Morgan fingerprint density at radius 1 is 1.00 bits per heavy atom. The Bertz CT molecular complexity index is 592. The molecule has 0 unspecified atom stereocenters. The molecule has 108 valence electrons. The first kappa shape index (κ1) is 15.8. The van der Waals surface area contributed by atoms with Crippen LogP contribution < -0.4 is 0 Å². The third-order valence-corrected chi connectivity index (χ3v) is 2.00. The van der Waals surface area contributed by atoms with Crippen molar-refractivity contribution in [3.05, 3.63) is 23.3 Å². The van der Waals surface area contributed by atoms with Gasteiger partial charge in [0.2, 0.25) is 0 Å². The molecule has 2 aliphatic rings. The summed E-state index contributed by atoms with van der Waals surface area (Å²) in [4.78, 5) is 0. The fourth-order valence-electron chi connectivity index (χ4n) is 1.43. The molecule has 10 heteroatoms. The van der Waals surface area contributed by atoms with Crippen molar-refractivity contribution in [2.24, 2.45) is 0 Å². The fraction of sp³-hybridized carbons (Fsp3) is 0.333. The Hall–Kier alpha value is -1.29. The summed E-state index contributed by atoms with van der Waals surface area (Å²) in [5.41, 5.74) is -3.35. The van der Waals surface area contributed by atoms with E-state index in [1.807, 2.05) is 0 Å². The molecule has 0 spiro atoms. The van der Waals surface area contributed by atoms with Gasteiger partial charge in [0, 0.05) is 5.56 Å². The lowest BCUT2D eigenvalue weighted by molar-refractivity contribution is -0.138. The normalized spacial score (nSPS) is 13.7. The Morgan fingerprint density at radius 2 is 1.42 bits per heavy atom. The summed E-state index contributed by atoms with van der Waals surface area (Å²) in [6.07, 6.45) is -8.67. The van der Waals surface area contributed by atoms with Crippen LogP contribution in [0.2, 0.25) is 0 Å². The third-order valence-electron chi connectivity index (χ3n) is 2.00. The zero-order valence-corrected chi connectivity index (χ0v) is 9.91. The number of fused-ring (bicyclic) bond motifs is 1. The second-order valence-electron chi connectivity index (χ2n) is 3.64. The minimum Gasteiger partial charge on any atom is -0.286 e. The molecule has 0 saturated carbocycles. The molecular weight excluding hydrogens is 302 g/mol. The molecule has 0 aromatic rings. The van der Waals surface area contributed by atoms with Crippen LogP contribution >= 0.6 is 0 Å². The van der Waals surface area contributed by atoms with Crippen molar-refractivity contribution in [3.63, 3.8) is 0 Å². The molecule has 0 radical (unpaired) electrons. The molecule has 0 atom stereocenters. The predicted octanol–water partition coefficient (Wildman–Crippen LogP) is 3.21. The molecule has 19 heavy (non-hydrogen) atoms. The van der Waals surface area contributed by atoms with Gasteiger partial charge in [-0.05, 0) is 11.6 Å². The summed E-state index contributed by atoms with van der Waals surface area (Å²) in [6.45, 7) is 0. The molecular formula is C9H6F6O3S. The fourth-order valence-corrected chi connectivity index (χ4v) is 1.43. The Morgan fingerprint density at radius 3 is 1.68 bits per heavy atom. The van der Waals surface area contributed by atoms with Crippen LogP contribution in [0.25, 0.3) is 11.1 Å². The van der Waals surface area contributed by atoms with Gasteiger partial charge in [-0.25, -0.2) is 0 Å². The zero-order valence-electron chi connectivity index (χ0n) is 9.09. The maximum absolute atomic E-state index is 12.1. The van der Waals surface area contributed by atoms with Gasteiger partial charge in [-0.3, -0.25) is 4.55 Å². The molecule has 0 fully saturated rings. The van der Waals surface area contributed by atoms with E-state index in [1.165, 1.54) is 0 Å². The number of rotatable bonds is 0. The van der Waals surface area contributed by atoms with E-state index in [-0.39, 0.29) is 5.56 Å². The van der Waals surface area contributed by atoms with E-state index in [9.17, 15) is 34.8 Å². The van der Waals surface area contributed by atoms with Crippen molar-refractivity contribution >= 4 is 10.1 Å². The molecule has 0 saturated heterocycles. The molecule has 2 aliphatic carbocycles. The Kier molecular flexibility index (Phi) is 3.63. The van der Waals surface area contributed by atoms with E-state index in [0.717, 1.165) is 6.07 Å². The van der Waals surface area contributed by atoms with E-state index in [2.05, 4.69) is 0 Å². The van der Waals surface area contributed by atoms with Crippen LogP contribution in [0.5, 0.6) is 0 Å². The molecule has 0 amide bonds. The van der Waals surface area contributed by atoms with Gasteiger partial charge in [-0.15, -0.1) is 0 Å². The highest BCUT2D eigenvalue weighted by molar-refractivity contribution is 7.85. The van der Waals surface area contributed by atoms with Crippen LogP contribution in [0.3, 0.4) is 0 Å². The van der Waals surface area contributed by atoms with E-state index < -0.39 is 39.2 Å². The first-order chi connectivity index (χ1) is 8.23. The lowest BCUT2D eigenvalue weighted by Gasteiger charge is -2.03. The van der Waals surface area contributed by atoms with Gasteiger partial charge >= 0.3 is 12.4 Å². The number of benzene rings is 1. The zero-order chi connectivity index (χ0) is 15.2. The minimum absolute atomic E-state index is 0.329. The molecule has 0 aliphatic heterocycles. The first-order valence-electron chi connectivity index (χ1n) is 4.47. The van der Waals surface area contributed by atoms with Crippen LogP contribution in [0, 0.1) is 0 Å². The summed E-state index contributed by atoms with van der Waals surface area (Å²) < 4.78 is 98.2. The smallest absolute Gasteiger partial charge is 0.286 e. The maximum Gasteiger partial charge on any atom is 0.417 e. The highest BCUT2D eigenvalue weighted by atomic mass is 32.2. The minimum atomic E-state index is -4.71. The Labute approximate surface area is 103 Å². The van der Waals surface area contributed by atoms with Crippen molar-refractivity contribution in [3.8, 4) is 11.1 Å². The summed E-state index contributed by atoms with van der Waals surface area (Å²) in [6, 6.07) is 1.51. The average molecular weight is 308 g/mol. The van der Waals surface area contributed by atoms with E-state index >= 15 is 0 Å². The summed E-state index contributed by atoms with van der Waals surface area (Å²) >= 11 is 0. The van der Waals surface area contributed by atoms with Crippen LogP contribution in [0.4, 0.5) is 26.3 Å². The molecule has 2 rings (SSSR count). The van der Waals surface area contributed by atoms with Gasteiger partial charge in [-0.2, -0.15) is 34.8 Å². The van der Waals surface area contributed by atoms with Crippen molar-refractivity contribution in [1.82, 2.24) is 0 Å². The number of hydrogen-bond donors (Lipinski definition) is 1. The van der Waals surface area contributed by atoms with Crippen LogP contribution in [-0.2, 0) is 22.5 Å². The topological polar surface area (TPSA) is 54.4 Å². The number of alkyl halides is 6. The number of hydrogen-bond acceptors (Lipinski definition) is 2. The van der Waals surface area contributed by atoms with Gasteiger partial charge < -0.3 is 0 Å². The van der Waals surface area contributed by atoms with Gasteiger partial charge in [0.05, 0.1) is 17.4 Å². The first-order valence-corrected chi connectivity index (χ1v) is 6.32. The van der Waals surface area contributed by atoms with E-state index in [0.29, 0.717) is 12.3 Å². The van der Waals surface area contributed by atoms with Crippen molar-refractivity contribution in [2.75, 3.05) is 6.26 Å². The largest absolute Gasteiger partial charge is 0.417 e. The van der Waals surface area contributed by atoms with Gasteiger partial charge in [0.15, 0.2) is 0 Å². The predicted molar refractivity (Wildman–Crippen MR) is 52.9 cm³/mol. The molecule has 3 nitrogen and oxygen atoms in total. The summed E-state index contributed by atoms with van der Waals surface area (Å²) in [7, 11) is -3.67. The van der Waals surface area contributed by atoms with Crippen molar-refractivity contribution < 1.29 is 39.3 Å². The van der Waals surface area contributed by atoms with E-state index in [1.54, 1.807) is 0 Å². The quantitative estimate of drug-likeness (QED) is 0.600. The standard InChI is InChI=1S/C8H2F6.CH4O3S/c9-7(10,11)4-2-1-3-5(4)6(3)8(12,13)14;1-5(2,3)4/h1-2H;1H3,(H,2,3,4). The van der Waals surface area contributed by atoms with Crippen LogP contribution in [0.1, 0.15) is 11.1 Å². The highest BCUT2D eigenvalue weighted by Gasteiger charge is 2.51. The van der Waals surface area contributed by atoms with Gasteiger partial charge in [-0.1, -0.05) is 6.07 Å². The highest BCUT2D eigenvalue weighted by Crippen LogP contribution is 2.57. The average Bonchev–Trinajstić information content (AvgIpc) is 2.62. The Balaban J connectivity index is 0.000000312. The van der Waals surface area contributed by atoms with Gasteiger partial charge in [0.25, 0.3) is 10.1 Å². The SMILES string of the molecule is CS(=O)(=O)O.FC(F)(F)c1ccc2c(C(F)(F)F)c1-2. The molecule has 0 bridgehead atoms. The summed E-state index contributed by atoms with van der Waals surface area (Å²) in [5, 5.41) is 0. The monoisotopic (exact) mass is 308 g/mol.